The Morgan fingerprint density at radius 3 is 1.58 bits per heavy atom. The Balaban J connectivity index is -0.00000123. The molecule has 0 bridgehead atoms. The van der Waals surface area contributed by atoms with E-state index in [1.165, 1.54) is 70.6 Å². The van der Waals surface area contributed by atoms with Crippen LogP contribution < -0.4 is 0 Å². The number of allylic oxidation sites excluding steroid dienone is 2. The smallest absolute Gasteiger partial charge is 0.305 e. The Bertz CT molecular complexity index is 282. The molecule has 0 fully saturated rings. The van der Waals surface area contributed by atoms with Crippen LogP contribution in [-0.2, 0) is 9.53 Å². The zero-order chi connectivity index (χ0) is 20.3. The summed E-state index contributed by atoms with van der Waals surface area (Å²) in [6, 6.07) is 0. The van der Waals surface area contributed by atoms with Crippen LogP contribution in [0.5, 0.6) is 0 Å². The van der Waals surface area contributed by atoms with Gasteiger partial charge in [0, 0.05) is 6.42 Å². The average Bonchev–Trinajstić information content (AvgIpc) is 2.68. The van der Waals surface area contributed by atoms with E-state index in [2.05, 4.69) is 45.4 Å². The summed E-state index contributed by atoms with van der Waals surface area (Å²) in [5, 5.41) is 0. The molecule has 0 aromatic heterocycles. The fraction of sp³-hybridized carbons (Fsp3) is 0.708. The molecule has 0 heterocycles. The highest BCUT2D eigenvalue weighted by molar-refractivity contribution is 5.69. The summed E-state index contributed by atoms with van der Waals surface area (Å²) >= 11 is 0. The molecule has 0 aromatic carbocycles. The zero-order valence-corrected chi connectivity index (χ0v) is 17.9. The predicted molar refractivity (Wildman–Crippen MR) is 119 cm³/mol. The monoisotopic (exact) mass is 366 g/mol. The molecule has 26 heavy (non-hydrogen) atoms. The van der Waals surface area contributed by atoms with E-state index >= 15 is 0 Å². The molecule has 0 atom stereocenters. The first-order valence-electron chi connectivity index (χ1n) is 10.6. The predicted octanol–water partition coefficient (Wildman–Crippen LogP) is 8.19. The highest BCUT2D eigenvalue weighted by Gasteiger charge is 2.00. The molecule has 0 saturated heterocycles. The van der Waals surface area contributed by atoms with Gasteiger partial charge in [-0.3, -0.25) is 4.79 Å². The van der Waals surface area contributed by atoms with Gasteiger partial charge in [-0.15, -0.1) is 26.3 Å². The fourth-order valence-corrected chi connectivity index (χ4v) is 2.57. The molecule has 0 unspecified atom stereocenters. The van der Waals surface area contributed by atoms with Gasteiger partial charge in [0.2, 0.25) is 0 Å². The lowest BCUT2D eigenvalue weighted by Gasteiger charge is -2.01. The van der Waals surface area contributed by atoms with Crippen molar-refractivity contribution < 1.29 is 9.53 Å². The topological polar surface area (TPSA) is 26.3 Å². The van der Waals surface area contributed by atoms with E-state index < -0.39 is 0 Å². The second-order valence-corrected chi connectivity index (χ2v) is 6.14. The molecule has 154 valence electrons. The Hall–Kier alpha value is -1.31. The number of carbonyl (C=O) groups excluding carboxylic acids is 1. The maximum Gasteiger partial charge on any atom is 0.305 e. The Morgan fingerprint density at radius 2 is 1.12 bits per heavy atom. The van der Waals surface area contributed by atoms with Gasteiger partial charge in [-0.2, -0.15) is 0 Å². The number of hydrogen-bond acceptors (Lipinski definition) is 2. The van der Waals surface area contributed by atoms with Crippen molar-refractivity contribution in [1.29, 1.82) is 0 Å². The van der Waals surface area contributed by atoms with Crippen molar-refractivity contribution in [1.82, 2.24) is 0 Å². The van der Waals surface area contributed by atoms with Crippen LogP contribution in [0.4, 0.5) is 0 Å². The third kappa shape index (κ3) is 30.6. The number of unbranched alkanes of at least 4 members (excludes halogenated alkanes) is 11. The van der Waals surface area contributed by atoms with Crippen LogP contribution in [0.1, 0.15) is 104 Å². The highest BCUT2D eigenvalue weighted by Crippen LogP contribution is 2.10. The quantitative estimate of drug-likeness (QED) is 0.156. The number of carbonyl (C=O) groups is 1. The van der Waals surface area contributed by atoms with Gasteiger partial charge in [0.05, 0.1) is 6.61 Å². The van der Waals surface area contributed by atoms with Crippen molar-refractivity contribution in [2.24, 2.45) is 0 Å². The van der Waals surface area contributed by atoms with Crippen LogP contribution >= 0.6 is 0 Å². The average molecular weight is 367 g/mol. The molecule has 0 radical (unpaired) electrons. The van der Waals surface area contributed by atoms with Crippen LogP contribution in [0.2, 0.25) is 0 Å². The van der Waals surface area contributed by atoms with Crippen molar-refractivity contribution >= 4 is 5.97 Å². The van der Waals surface area contributed by atoms with Crippen LogP contribution in [0, 0.1) is 0 Å². The van der Waals surface area contributed by atoms with E-state index in [0.29, 0.717) is 13.0 Å². The molecule has 0 N–H and O–H groups in total. The lowest BCUT2D eigenvalue weighted by Crippen LogP contribution is -2.03. The van der Waals surface area contributed by atoms with Crippen LogP contribution in [0.25, 0.3) is 0 Å². The van der Waals surface area contributed by atoms with Crippen molar-refractivity contribution in [3.63, 3.8) is 0 Å². The maximum atomic E-state index is 11.1. The number of ether oxygens (including phenoxy) is 1. The van der Waals surface area contributed by atoms with Gasteiger partial charge in [-0.05, 0) is 39.0 Å². The summed E-state index contributed by atoms with van der Waals surface area (Å²) in [7, 11) is 0. The van der Waals surface area contributed by atoms with Crippen molar-refractivity contribution in [3.05, 3.63) is 38.5 Å². The number of rotatable bonds is 16. The fourth-order valence-electron chi connectivity index (χ4n) is 2.57. The van der Waals surface area contributed by atoms with Crippen LogP contribution in [0.3, 0.4) is 0 Å². The highest BCUT2D eigenvalue weighted by atomic mass is 16.5. The Morgan fingerprint density at radius 1 is 0.692 bits per heavy atom. The van der Waals surface area contributed by atoms with E-state index in [1.807, 2.05) is 6.92 Å². The first-order chi connectivity index (χ1) is 12.8. The van der Waals surface area contributed by atoms with Gasteiger partial charge < -0.3 is 4.74 Å². The minimum absolute atomic E-state index is 0.0415. The van der Waals surface area contributed by atoms with Gasteiger partial charge in [-0.25, -0.2) is 0 Å². The van der Waals surface area contributed by atoms with Crippen molar-refractivity contribution in [2.45, 2.75) is 104 Å². The van der Waals surface area contributed by atoms with Crippen molar-refractivity contribution in [3.8, 4) is 0 Å². The van der Waals surface area contributed by atoms with Crippen molar-refractivity contribution in [2.75, 3.05) is 6.61 Å². The minimum Gasteiger partial charge on any atom is -0.466 e. The summed E-state index contributed by atoms with van der Waals surface area (Å²) < 4.78 is 4.91. The minimum atomic E-state index is -0.0415. The molecule has 0 saturated carbocycles. The standard InChI is InChI=1S/C20H38O2.2C2H4/c1-3-5-6-7-8-9-10-11-12-13-14-15-16-17-18-19-20(21)22-4-2;2*1-2/h11-12H,3-10,13-19H2,1-2H3;2*1-2H2/b12-11-;;. The summed E-state index contributed by atoms with van der Waals surface area (Å²) in [5.41, 5.74) is 0. The molecule has 0 aliphatic heterocycles. The molecule has 0 spiro atoms. The summed E-state index contributed by atoms with van der Waals surface area (Å²) in [6.07, 6.45) is 22.0. The van der Waals surface area contributed by atoms with Crippen LogP contribution in [-0.4, -0.2) is 12.6 Å². The van der Waals surface area contributed by atoms with Gasteiger partial charge in [0.25, 0.3) is 0 Å². The van der Waals surface area contributed by atoms with Gasteiger partial charge in [0.15, 0.2) is 0 Å². The normalized spacial score (nSPS) is 9.77. The molecule has 0 aromatic rings. The van der Waals surface area contributed by atoms with E-state index in [-0.39, 0.29) is 5.97 Å². The number of esters is 1. The molecule has 0 amide bonds. The molecule has 2 heteroatoms. The molecule has 2 nitrogen and oxygen atoms in total. The van der Waals surface area contributed by atoms with E-state index in [1.54, 1.807) is 0 Å². The molecule has 0 aliphatic carbocycles. The third-order valence-corrected chi connectivity index (χ3v) is 3.95. The third-order valence-electron chi connectivity index (χ3n) is 3.95. The van der Waals surface area contributed by atoms with Crippen LogP contribution in [0.15, 0.2) is 38.5 Å². The van der Waals surface area contributed by atoms with Gasteiger partial charge in [-0.1, -0.05) is 70.4 Å². The van der Waals surface area contributed by atoms with E-state index in [4.69, 9.17) is 4.74 Å². The Kier molecular flexibility index (Phi) is 35.6. The van der Waals surface area contributed by atoms with E-state index in [9.17, 15) is 4.79 Å². The van der Waals surface area contributed by atoms with Gasteiger partial charge >= 0.3 is 5.97 Å². The summed E-state index contributed by atoms with van der Waals surface area (Å²) in [4.78, 5) is 11.1. The lowest BCUT2D eigenvalue weighted by molar-refractivity contribution is -0.143. The second kappa shape index (κ2) is 31.5. The first-order valence-corrected chi connectivity index (χ1v) is 10.6. The lowest BCUT2D eigenvalue weighted by atomic mass is 10.1. The number of hydrogen-bond donors (Lipinski definition) is 0. The molecule has 0 aliphatic rings. The zero-order valence-electron chi connectivity index (χ0n) is 17.9. The summed E-state index contributed by atoms with van der Waals surface area (Å²) in [5.74, 6) is -0.0415. The van der Waals surface area contributed by atoms with E-state index in [0.717, 1.165) is 12.8 Å². The SMILES string of the molecule is C=C.C=C.CCCCCCCC/C=C\CCCCCCCC(=O)OCC. The second-order valence-electron chi connectivity index (χ2n) is 6.14. The first kappa shape index (κ1) is 29.5. The summed E-state index contributed by atoms with van der Waals surface area (Å²) in [6.45, 7) is 16.6. The maximum absolute atomic E-state index is 11.1. The molecule has 0 rings (SSSR count). The molecular formula is C24H46O2. The van der Waals surface area contributed by atoms with Gasteiger partial charge in [0.1, 0.15) is 0 Å². The molecular weight excluding hydrogens is 320 g/mol. The Labute approximate surface area is 164 Å². The largest absolute Gasteiger partial charge is 0.466 e.